The molecule has 0 saturated carbocycles. The van der Waals surface area contributed by atoms with E-state index in [-0.39, 0.29) is 5.84 Å². The van der Waals surface area contributed by atoms with Crippen LogP contribution in [-0.4, -0.2) is 64.5 Å². The molecule has 0 saturated heterocycles. The number of amidine groups is 2. The van der Waals surface area contributed by atoms with E-state index in [0.717, 1.165) is 11.3 Å². The van der Waals surface area contributed by atoms with Gasteiger partial charge in [0.1, 0.15) is 18.2 Å². The molecule has 0 amide bonds. The molecule has 28 heavy (non-hydrogen) atoms. The Bertz CT molecular complexity index is 546. The molecular weight excluding hydrogens is 362 g/mol. The quantitative estimate of drug-likeness (QED) is 0.185. The van der Waals surface area contributed by atoms with Gasteiger partial charge in [0, 0.05) is 12.1 Å². The molecule has 0 spiro atoms. The second kappa shape index (κ2) is 18.2. The van der Waals surface area contributed by atoms with Crippen molar-refractivity contribution in [1.29, 1.82) is 0 Å². The predicted octanol–water partition coefficient (Wildman–Crippen LogP) is 1.10. The predicted molar refractivity (Wildman–Crippen MR) is 113 cm³/mol. The Morgan fingerprint density at radius 3 is 1.79 bits per heavy atom. The minimum absolute atomic E-state index is 0.290. The minimum Gasteiger partial charge on any atom is -0.491 e. The molecule has 0 bridgehead atoms. The number of rotatable bonds is 14. The van der Waals surface area contributed by atoms with Gasteiger partial charge >= 0.3 is 0 Å². The first-order valence-electron chi connectivity index (χ1n) is 9.43. The van der Waals surface area contributed by atoms with Crippen LogP contribution in [-0.2, 0) is 14.2 Å². The van der Waals surface area contributed by atoms with E-state index in [9.17, 15) is 0 Å². The minimum atomic E-state index is 0.290. The Morgan fingerprint density at radius 2 is 1.29 bits per heavy atom. The normalized spacial score (nSPS) is 11.7. The Kier molecular flexibility index (Phi) is 16.7. The van der Waals surface area contributed by atoms with Crippen LogP contribution in [0.1, 0.15) is 26.3 Å². The zero-order valence-corrected chi connectivity index (χ0v) is 17.2. The fraction of sp³-hybridized carbons (Fsp3) is 0.579. The molecule has 9 heteroatoms. The van der Waals surface area contributed by atoms with Crippen LogP contribution in [0.4, 0.5) is 0 Å². The van der Waals surface area contributed by atoms with Crippen LogP contribution in [0.2, 0.25) is 0 Å². The summed E-state index contributed by atoms with van der Waals surface area (Å²) < 4.78 is 21.5. The van der Waals surface area contributed by atoms with Crippen molar-refractivity contribution >= 4 is 11.7 Å². The van der Waals surface area contributed by atoms with Gasteiger partial charge in [0.25, 0.3) is 0 Å². The van der Waals surface area contributed by atoms with Crippen molar-refractivity contribution in [3.63, 3.8) is 0 Å². The molecule has 6 N–H and O–H groups in total. The third-order valence-electron chi connectivity index (χ3n) is 2.97. The summed E-state index contributed by atoms with van der Waals surface area (Å²) in [6.45, 7) is 9.74. The van der Waals surface area contributed by atoms with E-state index in [0.29, 0.717) is 58.6 Å². The smallest absolute Gasteiger partial charge is 0.153 e. The standard InChI is InChI=1S/C17H29N5O4.C2H6/c1-14(19)21-22-17(20)15-2-4-16(5-3-15)26-13-12-25-11-10-24-9-8-23-7-6-18;1-2/h2-5H,6-13,18H2,1H3,(H2,19,21)(H2,20,22);1-2H3. The van der Waals surface area contributed by atoms with Crippen molar-refractivity contribution in [3.8, 4) is 5.75 Å². The molecule has 0 radical (unpaired) electrons. The molecule has 0 aliphatic heterocycles. The van der Waals surface area contributed by atoms with E-state index < -0.39 is 0 Å². The number of hydrogen-bond donors (Lipinski definition) is 3. The first-order valence-corrected chi connectivity index (χ1v) is 9.43. The van der Waals surface area contributed by atoms with E-state index in [1.165, 1.54) is 0 Å². The van der Waals surface area contributed by atoms with Crippen molar-refractivity contribution in [2.75, 3.05) is 52.8 Å². The molecule has 1 aromatic carbocycles. The van der Waals surface area contributed by atoms with Gasteiger partial charge in [0.2, 0.25) is 0 Å². The monoisotopic (exact) mass is 397 g/mol. The second-order valence-electron chi connectivity index (χ2n) is 5.23. The Balaban J connectivity index is 0.00000352. The average Bonchev–Trinajstić information content (AvgIpc) is 2.72. The molecule has 1 rings (SSSR count). The SMILES string of the molecule is C/C(N)=N/N=C(\N)c1ccc(OCCOCCOCCOCCN)cc1.CC. The fourth-order valence-corrected chi connectivity index (χ4v) is 1.76. The van der Waals surface area contributed by atoms with Gasteiger partial charge in [0.05, 0.1) is 39.6 Å². The summed E-state index contributed by atoms with van der Waals surface area (Å²) in [5.74, 6) is 1.35. The molecule has 9 nitrogen and oxygen atoms in total. The number of hydrogen-bond acceptors (Lipinski definition) is 7. The van der Waals surface area contributed by atoms with Gasteiger partial charge in [-0.2, -0.15) is 0 Å². The molecule has 0 aliphatic carbocycles. The first kappa shape index (κ1) is 25.8. The summed E-state index contributed by atoms with van der Waals surface area (Å²) in [6, 6.07) is 7.22. The molecule has 0 atom stereocenters. The van der Waals surface area contributed by atoms with Crippen LogP contribution in [0.25, 0.3) is 0 Å². The topological polar surface area (TPSA) is 140 Å². The Hall–Kier alpha value is -2.20. The largest absolute Gasteiger partial charge is 0.491 e. The maximum Gasteiger partial charge on any atom is 0.153 e. The number of benzene rings is 1. The highest BCUT2D eigenvalue weighted by Gasteiger charge is 2.00. The molecule has 0 heterocycles. The van der Waals surface area contributed by atoms with Crippen molar-refractivity contribution < 1.29 is 18.9 Å². The summed E-state index contributed by atoms with van der Waals surface area (Å²) in [5.41, 5.74) is 17.3. The summed E-state index contributed by atoms with van der Waals surface area (Å²) >= 11 is 0. The fourth-order valence-electron chi connectivity index (χ4n) is 1.76. The van der Waals surface area contributed by atoms with Crippen LogP contribution < -0.4 is 21.9 Å². The van der Waals surface area contributed by atoms with Gasteiger partial charge in [0.15, 0.2) is 5.84 Å². The lowest BCUT2D eigenvalue weighted by Gasteiger charge is -2.08. The van der Waals surface area contributed by atoms with Crippen LogP contribution in [0.5, 0.6) is 5.75 Å². The van der Waals surface area contributed by atoms with Crippen molar-refractivity contribution in [2.24, 2.45) is 27.4 Å². The van der Waals surface area contributed by atoms with E-state index in [1.807, 2.05) is 13.8 Å². The lowest BCUT2D eigenvalue weighted by molar-refractivity contribution is 0.0106. The van der Waals surface area contributed by atoms with Crippen LogP contribution in [0.3, 0.4) is 0 Å². The Labute approximate surface area is 167 Å². The first-order chi connectivity index (χ1) is 13.6. The van der Waals surface area contributed by atoms with Gasteiger partial charge in [-0.25, -0.2) is 0 Å². The van der Waals surface area contributed by atoms with Crippen LogP contribution in [0.15, 0.2) is 34.5 Å². The van der Waals surface area contributed by atoms with Crippen molar-refractivity contribution in [3.05, 3.63) is 29.8 Å². The van der Waals surface area contributed by atoms with Crippen LogP contribution >= 0.6 is 0 Å². The summed E-state index contributed by atoms with van der Waals surface area (Å²) in [4.78, 5) is 0. The highest BCUT2D eigenvalue weighted by Crippen LogP contribution is 2.12. The third-order valence-corrected chi connectivity index (χ3v) is 2.97. The highest BCUT2D eigenvalue weighted by molar-refractivity contribution is 5.97. The summed E-state index contributed by atoms with van der Waals surface area (Å²) in [5, 5.41) is 7.55. The zero-order valence-electron chi connectivity index (χ0n) is 17.2. The van der Waals surface area contributed by atoms with E-state index in [4.69, 9.17) is 36.1 Å². The molecule has 0 aliphatic rings. The van der Waals surface area contributed by atoms with Crippen LogP contribution in [0, 0.1) is 0 Å². The maximum atomic E-state index is 5.81. The molecule has 0 aromatic heterocycles. The number of nitrogens with zero attached hydrogens (tertiary/aromatic N) is 2. The van der Waals surface area contributed by atoms with E-state index in [2.05, 4.69) is 10.2 Å². The van der Waals surface area contributed by atoms with Gasteiger partial charge in [-0.15, -0.1) is 10.2 Å². The molecular formula is C19H35N5O4. The van der Waals surface area contributed by atoms with Gasteiger partial charge in [-0.05, 0) is 31.2 Å². The van der Waals surface area contributed by atoms with Gasteiger partial charge < -0.3 is 36.1 Å². The highest BCUT2D eigenvalue weighted by atomic mass is 16.6. The van der Waals surface area contributed by atoms with Crippen molar-refractivity contribution in [2.45, 2.75) is 20.8 Å². The molecule has 0 unspecified atom stereocenters. The lowest BCUT2D eigenvalue weighted by atomic mass is 10.2. The van der Waals surface area contributed by atoms with E-state index in [1.54, 1.807) is 31.2 Å². The summed E-state index contributed by atoms with van der Waals surface area (Å²) in [6.07, 6.45) is 0. The summed E-state index contributed by atoms with van der Waals surface area (Å²) in [7, 11) is 0. The molecule has 1 aromatic rings. The second-order valence-corrected chi connectivity index (χ2v) is 5.23. The zero-order chi connectivity index (χ0) is 21.0. The van der Waals surface area contributed by atoms with Crippen molar-refractivity contribution in [1.82, 2.24) is 0 Å². The Morgan fingerprint density at radius 1 is 0.786 bits per heavy atom. The number of nitrogens with two attached hydrogens (primary N) is 3. The maximum absolute atomic E-state index is 5.81. The lowest BCUT2D eigenvalue weighted by Crippen LogP contribution is -2.15. The van der Waals surface area contributed by atoms with Gasteiger partial charge in [-0.3, -0.25) is 0 Å². The average molecular weight is 398 g/mol. The number of ether oxygens (including phenoxy) is 4. The van der Waals surface area contributed by atoms with E-state index >= 15 is 0 Å². The molecule has 0 fully saturated rings. The van der Waals surface area contributed by atoms with Gasteiger partial charge in [-0.1, -0.05) is 13.8 Å². The third kappa shape index (κ3) is 13.9. The molecule has 160 valence electrons.